The average molecular weight is 209 g/mol. The number of carbonyl (C=O) groups is 1. The number of hydrogen-bond donors (Lipinski definition) is 2. The summed E-state index contributed by atoms with van der Waals surface area (Å²) in [5.41, 5.74) is 5.31. The van der Waals surface area contributed by atoms with Gasteiger partial charge in [0.25, 0.3) is 0 Å². The van der Waals surface area contributed by atoms with Crippen LogP contribution in [-0.4, -0.2) is 17.5 Å². The second kappa shape index (κ2) is 5.13. The first kappa shape index (κ1) is 12.0. The Bertz CT molecular complexity index is 263. The largest absolute Gasteiger partial charge is 0.339 e. The lowest BCUT2D eigenvalue weighted by atomic mass is 9.82. The molecule has 0 saturated heterocycles. The minimum atomic E-state index is -0.734. The Morgan fingerprint density at radius 2 is 2.13 bits per heavy atom. The summed E-state index contributed by atoms with van der Waals surface area (Å²) >= 11 is 0. The fraction of sp³-hybridized carbons (Fsp3) is 0.818. The van der Waals surface area contributed by atoms with Crippen molar-refractivity contribution in [2.45, 2.75) is 57.0 Å². The van der Waals surface area contributed by atoms with Crippen molar-refractivity contribution in [2.75, 3.05) is 0 Å². The Balaban J connectivity index is 2.55. The minimum Gasteiger partial charge on any atom is -0.339 e. The van der Waals surface area contributed by atoms with Crippen molar-refractivity contribution < 1.29 is 4.79 Å². The molecule has 1 saturated carbocycles. The highest BCUT2D eigenvalue weighted by molar-refractivity contribution is 5.86. The van der Waals surface area contributed by atoms with Crippen LogP contribution < -0.4 is 11.1 Å². The number of carbonyl (C=O) groups excluding carboxylic acids is 1. The molecule has 0 spiro atoms. The van der Waals surface area contributed by atoms with E-state index in [0.717, 1.165) is 32.1 Å². The highest BCUT2D eigenvalue weighted by Crippen LogP contribution is 2.26. The molecule has 1 atom stereocenters. The molecular weight excluding hydrogens is 190 g/mol. The number of rotatable bonds is 3. The second-order valence-electron chi connectivity index (χ2n) is 4.28. The molecule has 0 aliphatic heterocycles. The van der Waals surface area contributed by atoms with Crippen molar-refractivity contribution in [2.24, 2.45) is 5.73 Å². The maximum Gasteiger partial charge on any atom is 0.241 e. The molecule has 15 heavy (non-hydrogen) atoms. The van der Waals surface area contributed by atoms with E-state index in [0.29, 0.717) is 6.42 Å². The van der Waals surface area contributed by atoms with E-state index < -0.39 is 11.6 Å². The third-order valence-electron chi connectivity index (χ3n) is 3.07. The molecular formula is C11H19N3O. The Hall–Kier alpha value is -1.08. The monoisotopic (exact) mass is 209 g/mol. The van der Waals surface area contributed by atoms with Gasteiger partial charge in [-0.2, -0.15) is 5.26 Å². The van der Waals surface area contributed by atoms with Crippen molar-refractivity contribution in [3.05, 3.63) is 0 Å². The van der Waals surface area contributed by atoms with Gasteiger partial charge in [0.05, 0.1) is 11.6 Å². The summed E-state index contributed by atoms with van der Waals surface area (Å²) in [4.78, 5) is 11.9. The zero-order chi connectivity index (χ0) is 11.3. The van der Waals surface area contributed by atoms with E-state index in [-0.39, 0.29) is 5.91 Å². The van der Waals surface area contributed by atoms with Crippen LogP contribution in [0.4, 0.5) is 0 Å². The SMILES string of the molecule is CC[C@@H](C#N)NC(=O)C1(N)CCCCC1. The fourth-order valence-corrected chi connectivity index (χ4v) is 1.94. The first-order valence-electron chi connectivity index (χ1n) is 5.62. The molecule has 4 heteroatoms. The number of nitrogens with two attached hydrogens (primary N) is 1. The van der Waals surface area contributed by atoms with E-state index in [1.54, 1.807) is 0 Å². The summed E-state index contributed by atoms with van der Waals surface area (Å²) in [6.45, 7) is 1.87. The van der Waals surface area contributed by atoms with Crippen LogP contribution in [0.3, 0.4) is 0 Å². The van der Waals surface area contributed by atoms with Crippen molar-refractivity contribution in [3.63, 3.8) is 0 Å². The van der Waals surface area contributed by atoms with Crippen molar-refractivity contribution in [1.29, 1.82) is 5.26 Å². The summed E-state index contributed by atoms with van der Waals surface area (Å²) in [6.07, 6.45) is 5.27. The van der Waals surface area contributed by atoms with Gasteiger partial charge in [-0.25, -0.2) is 0 Å². The summed E-state index contributed by atoms with van der Waals surface area (Å²) < 4.78 is 0. The van der Waals surface area contributed by atoms with E-state index in [4.69, 9.17) is 11.0 Å². The van der Waals surface area contributed by atoms with Gasteiger partial charge in [0, 0.05) is 0 Å². The molecule has 0 aromatic carbocycles. The van der Waals surface area contributed by atoms with Crippen LogP contribution in [0.1, 0.15) is 45.4 Å². The zero-order valence-electron chi connectivity index (χ0n) is 9.25. The zero-order valence-corrected chi connectivity index (χ0v) is 9.25. The summed E-state index contributed by atoms with van der Waals surface area (Å²) in [6, 6.07) is 1.65. The lowest BCUT2D eigenvalue weighted by molar-refractivity contribution is -0.127. The molecule has 84 valence electrons. The van der Waals surface area contributed by atoms with Gasteiger partial charge in [-0.15, -0.1) is 0 Å². The molecule has 1 aliphatic rings. The van der Waals surface area contributed by atoms with Crippen LogP contribution in [0.2, 0.25) is 0 Å². The van der Waals surface area contributed by atoms with E-state index in [1.807, 2.05) is 6.92 Å². The maximum absolute atomic E-state index is 11.9. The molecule has 0 bridgehead atoms. The Morgan fingerprint density at radius 3 is 2.60 bits per heavy atom. The molecule has 1 rings (SSSR count). The van der Waals surface area contributed by atoms with Gasteiger partial charge in [-0.1, -0.05) is 26.2 Å². The molecule has 0 radical (unpaired) electrons. The summed E-state index contributed by atoms with van der Waals surface area (Å²) in [7, 11) is 0. The number of nitriles is 1. The molecule has 1 aliphatic carbocycles. The maximum atomic E-state index is 11.9. The van der Waals surface area contributed by atoms with Crippen LogP contribution in [-0.2, 0) is 4.79 Å². The second-order valence-corrected chi connectivity index (χ2v) is 4.28. The molecule has 0 unspecified atom stereocenters. The van der Waals surface area contributed by atoms with Gasteiger partial charge in [0.1, 0.15) is 6.04 Å². The Morgan fingerprint density at radius 1 is 1.53 bits per heavy atom. The van der Waals surface area contributed by atoms with E-state index >= 15 is 0 Å². The average Bonchev–Trinajstić information content (AvgIpc) is 2.26. The molecule has 0 aromatic rings. The Kier molecular flexibility index (Phi) is 4.10. The summed E-state index contributed by atoms with van der Waals surface area (Å²) in [5, 5.41) is 11.5. The van der Waals surface area contributed by atoms with Gasteiger partial charge in [-0.05, 0) is 19.3 Å². The number of nitrogens with zero attached hydrogens (tertiary/aromatic N) is 1. The number of amides is 1. The molecule has 1 fully saturated rings. The van der Waals surface area contributed by atoms with E-state index in [1.165, 1.54) is 0 Å². The van der Waals surface area contributed by atoms with Gasteiger partial charge >= 0.3 is 0 Å². The fourth-order valence-electron chi connectivity index (χ4n) is 1.94. The van der Waals surface area contributed by atoms with Crippen LogP contribution in [0, 0.1) is 11.3 Å². The van der Waals surface area contributed by atoms with Crippen LogP contribution in [0.25, 0.3) is 0 Å². The van der Waals surface area contributed by atoms with Crippen LogP contribution in [0.5, 0.6) is 0 Å². The third kappa shape index (κ3) is 2.93. The lowest BCUT2D eigenvalue weighted by Crippen LogP contribution is -2.56. The van der Waals surface area contributed by atoms with Crippen molar-refractivity contribution >= 4 is 5.91 Å². The predicted molar refractivity (Wildman–Crippen MR) is 57.8 cm³/mol. The number of hydrogen-bond acceptors (Lipinski definition) is 3. The topological polar surface area (TPSA) is 78.9 Å². The molecule has 4 nitrogen and oxygen atoms in total. The van der Waals surface area contributed by atoms with E-state index in [9.17, 15) is 4.79 Å². The smallest absolute Gasteiger partial charge is 0.241 e. The van der Waals surface area contributed by atoms with Crippen LogP contribution in [0.15, 0.2) is 0 Å². The molecule has 3 N–H and O–H groups in total. The van der Waals surface area contributed by atoms with Gasteiger partial charge in [0.15, 0.2) is 0 Å². The van der Waals surface area contributed by atoms with Crippen LogP contribution >= 0.6 is 0 Å². The Labute approximate surface area is 90.8 Å². The van der Waals surface area contributed by atoms with Gasteiger partial charge in [-0.3, -0.25) is 4.79 Å². The third-order valence-corrected chi connectivity index (χ3v) is 3.07. The summed E-state index contributed by atoms with van der Waals surface area (Å²) in [5.74, 6) is -0.157. The molecule has 1 amide bonds. The predicted octanol–water partition coefficient (Wildman–Crippen LogP) is 1.07. The normalized spacial score (nSPS) is 21.4. The number of nitrogens with one attached hydrogen (secondary N) is 1. The highest BCUT2D eigenvalue weighted by atomic mass is 16.2. The lowest BCUT2D eigenvalue weighted by Gasteiger charge is -2.32. The van der Waals surface area contributed by atoms with Gasteiger partial charge in [0.2, 0.25) is 5.91 Å². The molecule has 0 aromatic heterocycles. The minimum absolute atomic E-state index is 0.157. The van der Waals surface area contributed by atoms with Crippen molar-refractivity contribution in [1.82, 2.24) is 5.32 Å². The van der Waals surface area contributed by atoms with Crippen molar-refractivity contribution in [3.8, 4) is 6.07 Å². The standard InChI is InChI=1S/C11H19N3O/c1-2-9(8-12)14-10(15)11(13)6-4-3-5-7-11/h9H,2-7,13H2,1H3,(H,14,15)/t9-/m0/s1. The first-order chi connectivity index (χ1) is 7.12. The first-order valence-corrected chi connectivity index (χ1v) is 5.62. The quantitative estimate of drug-likeness (QED) is 0.729. The molecule has 0 heterocycles. The van der Waals surface area contributed by atoms with Gasteiger partial charge < -0.3 is 11.1 Å². The van der Waals surface area contributed by atoms with E-state index in [2.05, 4.69) is 11.4 Å². The highest BCUT2D eigenvalue weighted by Gasteiger charge is 2.35.